The Balaban J connectivity index is 1.72. The van der Waals surface area contributed by atoms with Crippen LogP contribution in [0.5, 0.6) is 11.5 Å². The van der Waals surface area contributed by atoms with Crippen molar-refractivity contribution in [1.29, 1.82) is 0 Å². The topological polar surface area (TPSA) is 29.5 Å². The number of hydrogen-bond acceptors (Lipinski definition) is 2. The second-order valence-corrected chi connectivity index (χ2v) is 7.83. The molecule has 4 rings (SSSR count). The Hall–Kier alpha value is -2.56. The lowest BCUT2D eigenvalue weighted by Gasteiger charge is -2.30. The number of rotatable bonds is 3. The van der Waals surface area contributed by atoms with Gasteiger partial charge in [-0.3, -0.25) is 4.79 Å². The van der Waals surface area contributed by atoms with Crippen molar-refractivity contribution in [2.24, 2.45) is 0 Å². The highest BCUT2D eigenvalue weighted by Crippen LogP contribution is 2.36. The zero-order valence-electron chi connectivity index (χ0n) is 15.7. The number of aryl methyl sites for hydroxylation is 2. The van der Waals surface area contributed by atoms with Gasteiger partial charge in [-0.05, 0) is 61.2 Å². The molecular weight excluding hydrogens is 412 g/mol. The molecular formula is C23H18Cl2FNO2. The molecule has 0 saturated heterocycles. The van der Waals surface area contributed by atoms with Crippen LogP contribution in [0.3, 0.4) is 0 Å². The molecule has 3 aromatic carbocycles. The summed E-state index contributed by atoms with van der Waals surface area (Å²) in [4.78, 5) is 14.9. The van der Waals surface area contributed by atoms with Crippen molar-refractivity contribution < 1.29 is 13.9 Å². The summed E-state index contributed by atoms with van der Waals surface area (Å²) in [5, 5.41) is 0.845. The minimum absolute atomic E-state index is 0.317. The number of carbonyl (C=O) groups is 1. The molecule has 148 valence electrons. The molecule has 0 atom stereocenters. The minimum atomic E-state index is -0.385. The molecule has 0 bridgehead atoms. The van der Waals surface area contributed by atoms with E-state index in [1.807, 2.05) is 13.0 Å². The van der Waals surface area contributed by atoms with Gasteiger partial charge in [-0.1, -0.05) is 41.4 Å². The van der Waals surface area contributed by atoms with Crippen molar-refractivity contribution in [2.75, 3.05) is 11.4 Å². The van der Waals surface area contributed by atoms with Gasteiger partial charge in [-0.25, -0.2) is 4.39 Å². The molecule has 0 fully saturated rings. The molecule has 1 heterocycles. The number of anilines is 1. The number of hydrogen-bond donors (Lipinski definition) is 0. The molecule has 1 amide bonds. The summed E-state index contributed by atoms with van der Waals surface area (Å²) in [6.45, 7) is 2.29. The van der Waals surface area contributed by atoms with Crippen LogP contribution in [0.15, 0.2) is 54.6 Å². The van der Waals surface area contributed by atoms with Gasteiger partial charge in [0.15, 0.2) is 0 Å². The van der Waals surface area contributed by atoms with E-state index in [2.05, 4.69) is 0 Å². The van der Waals surface area contributed by atoms with Gasteiger partial charge in [-0.15, -0.1) is 0 Å². The van der Waals surface area contributed by atoms with Crippen LogP contribution < -0.4 is 9.64 Å². The van der Waals surface area contributed by atoms with Crippen LogP contribution in [-0.2, 0) is 6.42 Å². The van der Waals surface area contributed by atoms with E-state index >= 15 is 0 Å². The number of benzene rings is 3. The van der Waals surface area contributed by atoms with Crippen LogP contribution in [-0.4, -0.2) is 12.5 Å². The summed E-state index contributed by atoms with van der Waals surface area (Å²) in [5.41, 5.74) is 2.37. The molecule has 0 saturated carbocycles. The molecule has 3 aromatic rings. The lowest BCUT2D eigenvalue weighted by molar-refractivity contribution is 0.0982. The molecule has 29 heavy (non-hydrogen) atoms. The van der Waals surface area contributed by atoms with Crippen molar-refractivity contribution in [1.82, 2.24) is 0 Å². The van der Waals surface area contributed by atoms with Gasteiger partial charge in [0, 0.05) is 17.6 Å². The highest BCUT2D eigenvalue weighted by Gasteiger charge is 2.28. The van der Waals surface area contributed by atoms with Crippen LogP contribution >= 0.6 is 23.2 Å². The molecule has 3 nitrogen and oxygen atoms in total. The number of carbonyl (C=O) groups excluding carboxylic acids is 1. The van der Waals surface area contributed by atoms with E-state index < -0.39 is 0 Å². The van der Waals surface area contributed by atoms with E-state index in [9.17, 15) is 9.18 Å². The van der Waals surface area contributed by atoms with Gasteiger partial charge >= 0.3 is 0 Å². The number of halogens is 3. The SMILES string of the molecule is Cc1cc(F)c2c(c1)CCCN2C(=O)c1ccccc1Oc1cc(Cl)ccc1Cl. The quantitative estimate of drug-likeness (QED) is 0.456. The summed E-state index contributed by atoms with van der Waals surface area (Å²) in [6, 6.07) is 15.1. The zero-order chi connectivity index (χ0) is 20.5. The van der Waals surface area contributed by atoms with E-state index in [-0.39, 0.29) is 11.7 Å². The lowest BCUT2D eigenvalue weighted by Crippen LogP contribution is -2.36. The van der Waals surface area contributed by atoms with Crippen LogP contribution in [0, 0.1) is 12.7 Å². The smallest absolute Gasteiger partial charge is 0.262 e. The number of para-hydroxylation sites is 1. The standard InChI is InChI=1S/C23H18Cl2FNO2/c1-14-11-15-5-4-10-27(22(15)19(26)12-14)23(28)17-6-2-3-7-20(17)29-21-13-16(24)8-9-18(21)25/h2-3,6-9,11-13H,4-5,10H2,1H3. The number of ether oxygens (including phenoxy) is 1. The predicted octanol–water partition coefficient (Wildman–Crippen LogP) is 6.83. The van der Waals surface area contributed by atoms with E-state index in [0.29, 0.717) is 39.3 Å². The van der Waals surface area contributed by atoms with E-state index in [0.717, 1.165) is 24.0 Å². The fourth-order valence-electron chi connectivity index (χ4n) is 3.59. The fourth-order valence-corrected chi connectivity index (χ4v) is 3.91. The molecule has 0 unspecified atom stereocenters. The van der Waals surface area contributed by atoms with Crippen LogP contribution in [0.2, 0.25) is 10.0 Å². The molecule has 1 aliphatic heterocycles. The normalized spacial score (nSPS) is 13.2. The highest BCUT2D eigenvalue weighted by atomic mass is 35.5. The number of nitrogens with zero attached hydrogens (tertiary/aromatic N) is 1. The molecule has 0 radical (unpaired) electrons. The molecule has 0 aromatic heterocycles. The van der Waals surface area contributed by atoms with Gasteiger partial charge in [0.1, 0.15) is 17.3 Å². The summed E-state index contributed by atoms with van der Waals surface area (Å²) in [7, 11) is 0. The third-order valence-electron chi connectivity index (χ3n) is 4.86. The van der Waals surface area contributed by atoms with E-state index in [1.54, 1.807) is 42.5 Å². The van der Waals surface area contributed by atoms with Gasteiger partial charge in [0.2, 0.25) is 0 Å². The predicted molar refractivity (Wildman–Crippen MR) is 114 cm³/mol. The second-order valence-electron chi connectivity index (χ2n) is 6.99. The van der Waals surface area contributed by atoms with Crippen LogP contribution in [0.1, 0.15) is 27.9 Å². The zero-order valence-corrected chi connectivity index (χ0v) is 17.2. The monoisotopic (exact) mass is 429 g/mol. The lowest BCUT2D eigenvalue weighted by atomic mass is 9.98. The number of fused-ring (bicyclic) bond motifs is 1. The summed E-state index contributed by atoms with van der Waals surface area (Å²) < 4.78 is 20.7. The first-order valence-electron chi connectivity index (χ1n) is 9.27. The first kappa shape index (κ1) is 19.7. The van der Waals surface area contributed by atoms with Crippen molar-refractivity contribution in [3.8, 4) is 11.5 Å². The summed E-state index contributed by atoms with van der Waals surface area (Å²) in [5.74, 6) is -0.0200. The Morgan fingerprint density at radius 3 is 2.69 bits per heavy atom. The Morgan fingerprint density at radius 2 is 1.86 bits per heavy atom. The molecule has 6 heteroatoms. The number of amides is 1. The maximum atomic E-state index is 14.7. The third-order valence-corrected chi connectivity index (χ3v) is 5.41. The van der Waals surface area contributed by atoms with Crippen molar-refractivity contribution >= 4 is 34.8 Å². The Labute approximate surface area is 178 Å². The molecule has 0 aliphatic carbocycles. The summed E-state index contributed by atoms with van der Waals surface area (Å²) >= 11 is 12.2. The third kappa shape index (κ3) is 3.96. The Morgan fingerprint density at radius 1 is 1.07 bits per heavy atom. The van der Waals surface area contributed by atoms with Crippen molar-refractivity contribution in [2.45, 2.75) is 19.8 Å². The molecule has 0 spiro atoms. The maximum Gasteiger partial charge on any atom is 0.262 e. The highest BCUT2D eigenvalue weighted by molar-refractivity contribution is 6.34. The van der Waals surface area contributed by atoms with Gasteiger partial charge in [0.25, 0.3) is 5.91 Å². The first-order chi connectivity index (χ1) is 13.9. The maximum absolute atomic E-state index is 14.7. The Bertz CT molecular complexity index is 1100. The van der Waals surface area contributed by atoms with Crippen LogP contribution in [0.25, 0.3) is 0 Å². The summed E-state index contributed by atoms with van der Waals surface area (Å²) in [6.07, 6.45) is 1.51. The minimum Gasteiger partial charge on any atom is -0.455 e. The van der Waals surface area contributed by atoms with E-state index in [4.69, 9.17) is 27.9 Å². The largest absolute Gasteiger partial charge is 0.455 e. The fraction of sp³-hybridized carbons (Fsp3) is 0.174. The average Bonchev–Trinajstić information content (AvgIpc) is 2.70. The van der Waals surface area contributed by atoms with Crippen molar-refractivity contribution in [3.63, 3.8) is 0 Å². The first-order valence-corrected chi connectivity index (χ1v) is 10.0. The van der Waals surface area contributed by atoms with Gasteiger partial charge in [0.05, 0.1) is 16.3 Å². The Kier molecular flexibility index (Phi) is 5.48. The van der Waals surface area contributed by atoms with Gasteiger partial charge in [-0.2, -0.15) is 0 Å². The van der Waals surface area contributed by atoms with Crippen molar-refractivity contribution in [3.05, 3.63) is 87.2 Å². The average molecular weight is 430 g/mol. The second kappa shape index (κ2) is 8.05. The van der Waals surface area contributed by atoms with Gasteiger partial charge < -0.3 is 9.64 Å². The van der Waals surface area contributed by atoms with Crippen LogP contribution in [0.4, 0.5) is 10.1 Å². The molecule has 0 N–H and O–H groups in total. The molecule has 1 aliphatic rings. The van der Waals surface area contributed by atoms with E-state index in [1.165, 1.54) is 11.0 Å².